The maximum atomic E-state index is 13.6. The number of benzene rings is 1. The second kappa shape index (κ2) is 3.56. The summed E-state index contributed by atoms with van der Waals surface area (Å²) in [5, 5.41) is 2.92. The SMILES string of the molecule is CC1(Cc2ccccc2)NCCC1(F)F. The first-order chi connectivity index (χ1) is 7.04. The van der Waals surface area contributed by atoms with E-state index in [-0.39, 0.29) is 6.42 Å². The second-order valence-electron chi connectivity index (χ2n) is 4.38. The minimum Gasteiger partial charge on any atom is -0.306 e. The van der Waals surface area contributed by atoms with Crippen LogP contribution in [0.1, 0.15) is 18.9 Å². The topological polar surface area (TPSA) is 12.0 Å². The minimum atomic E-state index is -2.61. The van der Waals surface area contributed by atoms with E-state index >= 15 is 0 Å². The molecule has 1 aliphatic heterocycles. The molecule has 1 unspecified atom stereocenters. The fourth-order valence-corrected chi connectivity index (χ4v) is 2.10. The third-order valence-corrected chi connectivity index (χ3v) is 3.16. The highest BCUT2D eigenvalue weighted by molar-refractivity contribution is 5.20. The van der Waals surface area contributed by atoms with E-state index in [1.165, 1.54) is 0 Å². The van der Waals surface area contributed by atoms with Gasteiger partial charge in [0.1, 0.15) is 0 Å². The van der Waals surface area contributed by atoms with Gasteiger partial charge in [-0.3, -0.25) is 0 Å². The third kappa shape index (κ3) is 1.88. The zero-order valence-corrected chi connectivity index (χ0v) is 8.76. The molecule has 3 heteroatoms. The standard InChI is InChI=1S/C12H15F2N/c1-11(12(13,14)7-8-15-11)9-10-5-3-2-4-6-10/h2-6,15H,7-9H2,1H3. The molecule has 1 saturated heterocycles. The molecule has 0 spiro atoms. The predicted octanol–water partition coefficient (Wildman–Crippen LogP) is 2.62. The Balaban J connectivity index is 2.18. The van der Waals surface area contributed by atoms with Crippen molar-refractivity contribution in [2.45, 2.75) is 31.2 Å². The Hall–Kier alpha value is -0.960. The fraction of sp³-hybridized carbons (Fsp3) is 0.500. The lowest BCUT2D eigenvalue weighted by Gasteiger charge is -2.31. The van der Waals surface area contributed by atoms with Crippen LogP contribution in [0, 0.1) is 0 Å². The highest BCUT2D eigenvalue weighted by Crippen LogP contribution is 2.38. The highest BCUT2D eigenvalue weighted by atomic mass is 19.3. The van der Waals surface area contributed by atoms with Crippen LogP contribution in [0.15, 0.2) is 30.3 Å². The van der Waals surface area contributed by atoms with E-state index in [1.54, 1.807) is 6.92 Å². The molecule has 82 valence electrons. The summed E-state index contributed by atoms with van der Waals surface area (Å²) in [5.41, 5.74) is -0.136. The lowest BCUT2D eigenvalue weighted by Crippen LogP contribution is -2.50. The van der Waals surface area contributed by atoms with E-state index < -0.39 is 11.5 Å². The summed E-state index contributed by atoms with van der Waals surface area (Å²) in [6.07, 6.45) is 0.317. The first-order valence-corrected chi connectivity index (χ1v) is 5.20. The molecule has 0 aliphatic carbocycles. The Labute approximate surface area is 88.5 Å². The van der Waals surface area contributed by atoms with E-state index in [0.29, 0.717) is 13.0 Å². The van der Waals surface area contributed by atoms with Crippen LogP contribution < -0.4 is 5.32 Å². The summed E-state index contributed by atoms with van der Waals surface area (Å²) in [5.74, 6) is -2.61. The summed E-state index contributed by atoms with van der Waals surface area (Å²) < 4.78 is 27.2. The van der Waals surface area contributed by atoms with Crippen molar-refractivity contribution in [1.29, 1.82) is 0 Å². The van der Waals surface area contributed by atoms with Crippen molar-refractivity contribution in [2.75, 3.05) is 6.54 Å². The van der Waals surface area contributed by atoms with Crippen molar-refractivity contribution in [3.05, 3.63) is 35.9 Å². The van der Waals surface area contributed by atoms with Crippen molar-refractivity contribution in [2.24, 2.45) is 0 Å². The lowest BCUT2D eigenvalue weighted by atomic mass is 9.88. The first kappa shape index (κ1) is 10.6. The van der Waals surface area contributed by atoms with Crippen molar-refractivity contribution in [1.82, 2.24) is 5.32 Å². The predicted molar refractivity (Wildman–Crippen MR) is 56.1 cm³/mol. The monoisotopic (exact) mass is 211 g/mol. The summed E-state index contributed by atoms with van der Waals surface area (Å²) in [6, 6.07) is 9.44. The molecular weight excluding hydrogens is 196 g/mol. The smallest absolute Gasteiger partial charge is 0.267 e. The number of hydrogen-bond donors (Lipinski definition) is 1. The van der Waals surface area contributed by atoms with Gasteiger partial charge in [-0.25, -0.2) is 8.78 Å². The normalized spacial score (nSPS) is 29.3. The molecule has 0 bridgehead atoms. The number of halogens is 2. The van der Waals surface area contributed by atoms with Crippen molar-refractivity contribution >= 4 is 0 Å². The Bertz CT molecular complexity index is 337. The number of hydrogen-bond acceptors (Lipinski definition) is 1. The van der Waals surface area contributed by atoms with Crippen molar-refractivity contribution in [3.63, 3.8) is 0 Å². The van der Waals surface area contributed by atoms with Gasteiger partial charge in [-0.05, 0) is 18.9 Å². The van der Waals surface area contributed by atoms with Crippen LogP contribution in [0.25, 0.3) is 0 Å². The van der Waals surface area contributed by atoms with Gasteiger partial charge in [-0.2, -0.15) is 0 Å². The fourth-order valence-electron chi connectivity index (χ4n) is 2.10. The summed E-state index contributed by atoms with van der Waals surface area (Å²) in [4.78, 5) is 0. The zero-order valence-electron chi connectivity index (χ0n) is 8.76. The van der Waals surface area contributed by atoms with Gasteiger partial charge in [0.25, 0.3) is 5.92 Å². The number of nitrogens with one attached hydrogen (secondary N) is 1. The van der Waals surface area contributed by atoms with E-state index in [1.807, 2.05) is 30.3 Å². The van der Waals surface area contributed by atoms with Gasteiger partial charge in [-0.15, -0.1) is 0 Å². The van der Waals surface area contributed by atoms with Crippen LogP contribution in [0.5, 0.6) is 0 Å². The molecule has 0 amide bonds. The van der Waals surface area contributed by atoms with Crippen LogP contribution in [-0.4, -0.2) is 18.0 Å². The molecular formula is C12H15F2N. The zero-order chi connectivity index (χ0) is 10.9. The van der Waals surface area contributed by atoms with Gasteiger partial charge in [-0.1, -0.05) is 30.3 Å². The average molecular weight is 211 g/mol. The molecule has 1 atom stereocenters. The quantitative estimate of drug-likeness (QED) is 0.793. The van der Waals surface area contributed by atoms with E-state index in [9.17, 15) is 8.78 Å². The number of alkyl halides is 2. The Kier molecular flexibility index (Phi) is 2.51. The average Bonchev–Trinajstić information content (AvgIpc) is 2.43. The van der Waals surface area contributed by atoms with Gasteiger partial charge in [0.2, 0.25) is 0 Å². The maximum absolute atomic E-state index is 13.6. The van der Waals surface area contributed by atoms with Crippen LogP contribution in [0.3, 0.4) is 0 Å². The molecule has 1 fully saturated rings. The van der Waals surface area contributed by atoms with Gasteiger partial charge >= 0.3 is 0 Å². The molecule has 1 aliphatic rings. The minimum absolute atomic E-state index is 0.0592. The van der Waals surface area contributed by atoms with Crippen LogP contribution in [0.4, 0.5) is 8.78 Å². The molecule has 15 heavy (non-hydrogen) atoms. The molecule has 1 aromatic rings. The molecule has 1 nitrogen and oxygen atoms in total. The molecule has 0 aromatic heterocycles. The van der Waals surface area contributed by atoms with E-state index in [4.69, 9.17) is 0 Å². The molecule has 1 aromatic carbocycles. The highest BCUT2D eigenvalue weighted by Gasteiger charge is 2.53. The Morgan fingerprint density at radius 1 is 1.27 bits per heavy atom. The molecule has 0 radical (unpaired) electrons. The van der Waals surface area contributed by atoms with Crippen LogP contribution >= 0.6 is 0 Å². The molecule has 1 heterocycles. The van der Waals surface area contributed by atoms with Crippen LogP contribution in [0.2, 0.25) is 0 Å². The van der Waals surface area contributed by atoms with Crippen molar-refractivity contribution in [3.8, 4) is 0 Å². The summed E-state index contributed by atoms with van der Waals surface area (Å²) >= 11 is 0. The van der Waals surface area contributed by atoms with Gasteiger partial charge in [0, 0.05) is 13.0 Å². The summed E-state index contributed by atoms with van der Waals surface area (Å²) in [7, 11) is 0. The van der Waals surface area contributed by atoms with Gasteiger partial charge in [0.05, 0.1) is 5.54 Å². The maximum Gasteiger partial charge on any atom is 0.267 e. The summed E-state index contributed by atoms with van der Waals surface area (Å²) in [6.45, 7) is 2.00. The van der Waals surface area contributed by atoms with E-state index in [0.717, 1.165) is 5.56 Å². The lowest BCUT2D eigenvalue weighted by molar-refractivity contribution is -0.0529. The second-order valence-corrected chi connectivity index (χ2v) is 4.38. The molecule has 0 saturated carbocycles. The number of rotatable bonds is 2. The van der Waals surface area contributed by atoms with Gasteiger partial charge < -0.3 is 5.32 Å². The molecule has 2 rings (SSSR count). The van der Waals surface area contributed by atoms with Crippen LogP contribution in [-0.2, 0) is 6.42 Å². The van der Waals surface area contributed by atoms with Crippen molar-refractivity contribution < 1.29 is 8.78 Å². The van der Waals surface area contributed by atoms with Gasteiger partial charge in [0.15, 0.2) is 0 Å². The van der Waals surface area contributed by atoms with E-state index in [2.05, 4.69) is 5.32 Å². The Morgan fingerprint density at radius 2 is 1.93 bits per heavy atom. The largest absolute Gasteiger partial charge is 0.306 e. The Morgan fingerprint density at radius 3 is 2.47 bits per heavy atom. The third-order valence-electron chi connectivity index (χ3n) is 3.16. The first-order valence-electron chi connectivity index (χ1n) is 5.20. The molecule has 1 N–H and O–H groups in total.